The van der Waals surface area contributed by atoms with Gasteiger partial charge in [0.05, 0.1) is 0 Å². The number of aromatic nitrogens is 1. The van der Waals surface area contributed by atoms with E-state index in [1.807, 2.05) is 29.0 Å². The second-order valence-electron chi connectivity index (χ2n) is 5.96. The molecule has 0 N–H and O–H groups in total. The zero-order chi connectivity index (χ0) is 17.2. The highest BCUT2D eigenvalue weighted by molar-refractivity contribution is 9.10. The minimum atomic E-state index is -4.39. The van der Waals surface area contributed by atoms with Crippen molar-refractivity contribution in [2.45, 2.75) is 39.9 Å². The molecule has 2 nitrogen and oxygen atoms in total. The molecule has 2 rings (SSSR count). The summed E-state index contributed by atoms with van der Waals surface area (Å²) < 4.78 is 42.3. The first-order valence-corrected chi connectivity index (χ1v) is 8.39. The molecule has 0 spiro atoms. The topological polar surface area (TPSA) is 17.3 Å². The van der Waals surface area contributed by atoms with Crippen molar-refractivity contribution in [1.29, 1.82) is 0 Å². The molecule has 0 saturated carbocycles. The Morgan fingerprint density at radius 2 is 2.00 bits per heavy atom. The Bertz CT molecular complexity index is 714. The Hall–Kier alpha value is -1.30. The van der Waals surface area contributed by atoms with E-state index in [9.17, 15) is 13.2 Å². The predicted octanol–water partition coefficient (Wildman–Crippen LogP) is 5.63. The van der Waals surface area contributed by atoms with Gasteiger partial charge in [0, 0.05) is 41.1 Å². The SMILES string of the molecule is CC/N=C(\Cc1cn(CC(C)C)c2cc(Br)ccc12)C(F)(F)F. The van der Waals surface area contributed by atoms with Crippen LogP contribution in [0.15, 0.2) is 33.9 Å². The normalized spacial score (nSPS) is 13.3. The minimum Gasteiger partial charge on any atom is -0.347 e. The number of rotatable bonds is 5. The minimum absolute atomic E-state index is 0.130. The molecule has 1 aromatic heterocycles. The predicted molar refractivity (Wildman–Crippen MR) is 92.2 cm³/mol. The Labute approximate surface area is 142 Å². The average Bonchev–Trinajstić information content (AvgIpc) is 2.74. The van der Waals surface area contributed by atoms with Crippen LogP contribution in [-0.4, -0.2) is 23.0 Å². The molecule has 0 saturated heterocycles. The molecule has 0 radical (unpaired) electrons. The molecule has 6 heteroatoms. The zero-order valence-corrected chi connectivity index (χ0v) is 15.0. The molecule has 1 heterocycles. The molecule has 2 aromatic rings. The molecule has 0 fully saturated rings. The summed E-state index contributed by atoms with van der Waals surface area (Å²) in [6.45, 7) is 6.68. The standard InChI is InChI=1S/C17H20BrF3N2/c1-4-22-16(17(19,20)21)7-12-10-23(9-11(2)3)15-8-13(18)5-6-14(12)15/h5-6,8,10-11H,4,7,9H2,1-3H3/b22-16+. The lowest BCUT2D eigenvalue weighted by Gasteiger charge is -2.10. The fourth-order valence-corrected chi connectivity index (χ4v) is 2.99. The maximum absolute atomic E-state index is 13.1. The quantitative estimate of drug-likeness (QED) is 0.590. The molecular weight excluding hydrogens is 369 g/mol. The highest BCUT2D eigenvalue weighted by Crippen LogP contribution is 2.29. The Morgan fingerprint density at radius 3 is 2.57 bits per heavy atom. The molecular formula is C17H20BrF3N2. The van der Waals surface area contributed by atoms with E-state index >= 15 is 0 Å². The summed E-state index contributed by atoms with van der Waals surface area (Å²) in [5.41, 5.74) is 0.894. The number of halogens is 4. The number of fused-ring (bicyclic) bond motifs is 1. The number of benzene rings is 1. The van der Waals surface area contributed by atoms with Crippen LogP contribution in [0.5, 0.6) is 0 Å². The van der Waals surface area contributed by atoms with Gasteiger partial charge in [-0.2, -0.15) is 13.2 Å². The van der Waals surface area contributed by atoms with Gasteiger partial charge in [-0.1, -0.05) is 35.8 Å². The van der Waals surface area contributed by atoms with Crippen LogP contribution in [0.1, 0.15) is 26.3 Å². The summed E-state index contributed by atoms with van der Waals surface area (Å²) in [5.74, 6) is 0.406. The lowest BCUT2D eigenvalue weighted by molar-refractivity contribution is -0.0602. The van der Waals surface area contributed by atoms with Crippen LogP contribution in [0.25, 0.3) is 10.9 Å². The van der Waals surface area contributed by atoms with Crippen molar-refractivity contribution in [1.82, 2.24) is 4.57 Å². The average molecular weight is 389 g/mol. The first kappa shape index (κ1) is 18.0. The monoisotopic (exact) mass is 388 g/mol. The molecule has 126 valence electrons. The largest absolute Gasteiger partial charge is 0.429 e. The number of nitrogens with zero attached hydrogens (tertiary/aromatic N) is 2. The lowest BCUT2D eigenvalue weighted by Crippen LogP contribution is -2.25. The van der Waals surface area contributed by atoms with Crippen molar-refractivity contribution in [3.63, 3.8) is 0 Å². The van der Waals surface area contributed by atoms with Gasteiger partial charge in [0.2, 0.25) is 0 Å². The summed E-state index contributed by atoms with van der Waals surface area (Å²) in [4.78, 5) is 3.66. The zero-order valence-electron chi connectivity index (χ0n) is 13.4. The van der Waals surface area contributed by atoms with Crippen LogP contribution in [-0.2, 0) is 13.0 Å². The maximum Gasteiger partial charge on any atom is 0.429 e. The molecule has 0 bridgehead atoms. The van der Waals surface area contributed by atoms with E-state index in [-0.39, 0.29) is 13.0 Å². The van der Waals surface area contributed by atoms with Crippen molar-refractivity contribution in [2.75, 3.05) is 6.54 Å². The number of alkyl halides is 3. The van der Waals surface area contributed by atoms with E-state index in [0.717, 1.165) is 21.9 Å². The van der Waals surface area contributed by atoms with E-state index in [2.05, 4.69) is 34.8 Å². The van der Waals surface area contributed by atoms with Gasteiger partial charge in [0.25, 0.3) is 0 Å². The van der Waals surface area contributed by atoms with Crippen LogP contribution < -0.4 is 0 Å². The highest BCUT2D eigenvalue weighted by atomic mass is 79.9. The van der Waals surface area contributed by atoms with Crippen molar-refractivity contribution < 1.29 is 13.2 Å². The summed E-state index contributed by atoms with van der Waals surface area (Å²) in [7, 11) is 0. The van der Waals surface area contributed by atoms with Gasteiger partial charge in [-0.25, -0.2) is 0 Å². The van der Waals surface area contributed by atoms with Gasteiger partial charge in [0.15, 0.2) is 0 Å². The summed E-state index contributed by atoms with van der Waals surface area (Å²) >= 11 is 3.43. The lowest BCUT2D eigenvalue weighted by atomic mass is 10.1. The molecule has 0 aliphatic rings. The van der Waals surface area contributed by atoms with Gasteiger partial charge in [-0.3, -0.25) is 4.99 Å². The Kier molecular flexibility index (Phi) is 5.55. The third kappa shape index (κ3) is 4.37. The molecule has 0 atom stereocenters. The summed E-state index contributed by atoms with van der Waals surface area (Å²) in [5, 5.41) is 0.849. The van der Waals surface area contributed by atoms with E-state index in [1.165, 1.54) is 0 Å². The first-order chi connectivity index (χ1) is 10.7. The Morgan fingerprint density at radius 1 is 1.30 bits per heavy atom. The van der Waals surface area contributed by atoms with Gasteiger partial charge in [0.1, 0.15) is 5.71 Å². The molecule has 0 aliphatic heterocycles. The third-order valence-corrected chi connectivity index (χ3v) is 4.02. The molecule has 0 aliphatic carbocycles. The van der Waals surface area contributed by atoms with Crippen molar-refractivity contribution in [2.24, 2.45) is 10.9 Å². The van der Waals surface area contributed by atoms with E-state index in [0.29, 0.717) is 11.5 Å². The number of hydrogen-bond donors (Lipinski definition) is 0. The van der Waals surface area contributed by atoms with Gasteiger partial charge in [-0.15, -0.1) is 0 Å². The first-order valence-electron chi connectivity index (χ1n) is 7.60. The highest BCUT2D eigenvalue weighted by Gasteiger charge is 2.35. The van der Waals surface area contributed by atoms with Crippen LogP contribution in [0, 0.1) is 5.92 Å². The van der Waals surface area contributed by atoms with Crippen molar-refractivity contribution >= 4 is 32.5 Å². The van der Waals surface area contributed by atoms with Crippen LogP contribution in [0.4, 0.5) is 13.2 Å². The van der Waals surface area contributed by atoms with Gasteiger partial charge < -0.3 is 4.57 Å². The van der Waals surface area contributed by atoms with Crippen molar-refractivity contribution in [3.05, 3.63) is 34.4 Å². The fourth-order valence-electron chi connectivity index (χ4n) is 2.64. The van der Waals surface area contributed by atoms with Crippen molar-refractivity contribution in [3.8, 4) is 0 Å². The molecule has 0 amide bonds. The van der Waals surface area contributed by atoms with Crippen LogP contribution >= 0.6 is 15.9 Å². The summed E-state index contributed by atoms with van der Waals surface area (Å²) in [6, 6.07) is 5.67. The van der Waals surface area contributed by atoms with E-state index < -0.39 is 11.9 Å². The van der Waals surface area contributed by atoms with Gasteiger partial charge in [-0.05, 0) is 30.5 Å². The number of aliphatic imine (C=N–C) groups is 1. The molecule has 0 unspecified atom stereocenters. The van der Waals surface area contributed by atoms with E-state index in [1.54, 1.807) is 6.92 Å². The smallest absolute Gasteiger partial charge is 0.347 e. The van der Waals surface area contributed by atoms with Crippen LogP contribution in [0.3, 0.4) is 0 Å². The second kappa shape index (κ2) is 7.07. The second-order valence-corrected chi connectivity index (χ2v) is 6.87. The Balaban J connectivity index is 2.50. The summed E-state index contributed by atoms with van der Waals surface area (Å²) in [6.07, 6.45) is -2.76. The fraction of sp³-hybridized carbons (Fsp3) is 0.471. The number of hydrogen-bond acceptors (Lipinski definition) is 1. The molecule has 1 aromatic carbocycles. The molecule has 23 heavy (non-hydrogen) atoms. The van der Waals surface area contributed by atoms with Gasteiger partial charge >= 0.3 is 6.18 Å². The third-order valence-electron chi connectivity index (χ3n) is 3.52. The van der Waals surface area contributed by atoms with E-state index in [4.69, 9.17) is 0 Å². The maximum atomic E-state index is 13.1. The van der Waals surface area contributed by atoms with Crippen LogP contribution in [0.2, 0.25) is 0 Å².